The van der Waals surface area contributed by atoms with Crippen LogP contribution in [-0.4, -0.2) is 25.5 Å². The fraction of sp³-hybridized carbons (Fsp3) is 0.529. The Morgan fingerprint density at radius 3 is 2.33 bits per heavy atom. The van der Waals surface area contributed by atoms with Gasteiger partial charge >= 0.3 is 5.97 Å². The molecule has 0 heterocycles. The van der Waals surface area contributed by atoms with E-state index < -0.39 is 0 Å². The molecule has 0 bridgehead atoms. The van der Waals surface area contributed by atoms with Gasteiger partial charge in [-0.05, 0) is 30.7 Å². The van der Waals surface area contributed by atoms with Gasteiger partial charge in [0.25, 0.3) is 0 Å². The second-order valence-corrected chi connectivity index (χ2v) is 4.93. The van der Waals surface area contributed by atoms with E-state index in [1.165, 1.54) is 26.4 Å². The molecule has 21 heavy (non-hydrogen) atoms. The zero-order valence-corrected chi connectivity index (χ0v) is 12.9. The number of hydrogen-bond donors (Lipinski definition) is 0. The first kappa shape index (κ1) is 17.2. The van der Waals surface area contributed by atoms with Crippen LogP contribution in [0.25, 0.3) is 0 Å². The van der Waals surface area contributed by atoms with Crippen LogP contribution in [0.1, 0.15) is 55.8 Å². The van der Waals surface area contributed by atoms with Crippen molar-refractivity contribution in [1.29, 1.82) is 0 Å². The fourth-order valence-corrected chi connectivity index (χ4v) is 1.92. The van der Waals surface area contributed by atoms with Crippen LogP contribution in [0.3, 0.4) is 0 Å². The zero-order valence-electron chi connectivity index (χ0n) is 12.9. The molecule has 1 rings (SSSR count). The monoisotopic (exact) mass is 292 g/mol. The summed E-state index contributed by atoms with van der Waals surface area (Å²) in [5, 5.41) is 0. The van der Waals surface area contributed by atoms with Crippen LogP contribution < -0.4 is 4.74 Å². The molecular formula is C17H24O4. The van der Waals surface area contributed by atoms with Gasteiger partial charge < -0.3 is 9.47 Å². The number of methoxy groups -OCH3 is 1. The Morgan fingerprint density at radius 2 is 1.71 bits per heavy atom. The second kappa shape index (κ2) is 9.97. The summed E-state index contributed by atoms with van der Waals surface area (Å²) in [5.74, 6) is 0.348. The van der Waals surface area contributed by atoms with Gasteiger partial charge in [0.15, 0.2) is 5.78 Å². The van der Waals surface area contributed by atoms with Crippen LogP contribution in [0.5, 0.6) is 5.75 Å². The van der Waals surface area contributed by atoms with Crippen LogP contribution in [0.4, 0.5) is 0 Å². The smallest absolute Gasteiger partial charge is 0.305 e. The molecule has 0 aliphatic heterocycles. The summed E-state index contributed by atoms with van der Waals surface area (Å²) in [7, 11) is 1.32. The van der Waals surface area contributed by atoms with Gasteiger partial charge in [-0.25, -0.2) is 0 Å². The highest BCUT2D eigenvalue weighted by Gasteiger charge is 2.09. The fourth-order valence-electron chi connectivity index (χ4n) is 1.92. The summed E-state index contributed by atoms with van der Waals surface area (Å²) in [5.41, 5.74) is 0.595. The molecule has 0 fully saturated rings. The van der Waals surface area contributed by atoms with E-state index >= 15 is 0 Å². The first-order valence-corrected chi connectivity index (χ1v) is 7.50. The molecule has 1 aromatic rings. The number of benzene rings is 1. The highest BCUT2D eigenvalue weighted by Crippen LogP contribution is 2.15. The van der Waals surface area contributed by atoms with Gasteiger partial charge in [-0.15, -0.1) is 0 Å². The first-order chi connectivity index (χ1) is 10.2. The second-order valence-electron chi connectivity index (χ2n) is 4.93. The van der Waals surface area contributed by atoms with Crippen molar-refractivity contribution in [3.8, 4) is 5.75 Å². The first-order valence-electron chi connectivity index (χ1n) is 7.50. The van der Waals surface area contributed by atoms with Crippen molar-refractivity contribution in [2.45, 2.75) is 45.4 Å². The van der Waals surface area contributed by atoms with Crippen molar-refractivity contribution < 1.29 is 19.1 Å². The Kier molecular flexibility index (Phi) is 8.17. The molecule has 0 saturated heterocycles. The Hall–Kier alpha value is -1.84. The third-order valence-corrected chi connectivity index (χ3v) is 3.23. The van der Waals surface area contributed by atoms with Crippen molar-refractivity contribution in [1.82, 2.24) is 0 Å². The number of unbranched alkanes of at least 4 members (excludes halogenated alkanes) is 3. The van der Waals surface area contributed by atoms with E-state index in [0.29, 0.717) is 12.2 Å². The van der Waals surface area contributed by atoms with E-state index in [2.05, 4.69) is 11.7 Å². The van der Waals surface area contributed by atoms with Crippen molar-refractivity contribution in [2.75, 3.05) is 13.7 Å². The molecule has 4 nitrogen and oxygen atoms in total. The number of esters is 1. The molecule has 0 spiro atoms. The molecule has 4 heteroatoms. The Labute approximate surface area is 126 Å². The maximum atomic E-state index is 11.9. The molecule has 0 radical (unpaired) electrons. The Bertz CT molecular complexity index is 437. The lowest BCUT2D eigenvalue weighted by atomic mass is 10.1. The van der Waals surface area contributed by atoms with Crippen LogP contribution in [0.2, 0.25) is 0 Å². The van der Waals surface area contributed by atoms with Crippen molar-refractivity contribution in [3.05, 3.63) is 29.8 Å². The lowest BCUT2D eigenvalue weighted by molar-refractivity contribution is -0.140. The summed E-state index contributed by atoms with van der Waals surface area (Å²) in [6.07, 6.45) is 4.96. The van der Waals surface area contributed by atoms with Gasteiger partial charge in [0.1, 0.15) is 5.75 Å². The molecule has 0 aliphatic carbocycles. The summed E-state index contributed by atoms with van der Waals surface area (Å²) in [6, 6.07) is 7.07. The lowest BCUT2D eigenvalue weighted by Gasteiger charge is -2.07. The summed E-state index contributed by atoms with van der Waals surface area (Å²) in [6.45, 7) is 2.88. The van der Waals surface area contributed by atoms with Gasteiger partial charge in [0.05, 0.1) is 20.1 Å². The molecule has 0 saturated carbocycles. The van der Waals surface area contributed by atoms with E-state index in [9.17, 15) is 9.59 Å². The summed E-state index contributed by atoms with van der Waals surface area (Å²) >= 11 is 0. The molecule has 0 atom stereocenters. The number of ketones is 1. The van der Waals surface area contributed by atoms with Gasteiger partial charge in [0.2, 0.25) is 0 Å². The van der Waals surface area contributed by atoms with Crippen molar-refractivity contribution in [3.63, 3.8) is 0 Å². The van der Waals surface area contributed by atoms with E-state index in [4.69, 9.17) is 4.74 Å². The largest absolute Gasteiger partial charge is 0.494 e. The molecule has 0 aromatic heterocycles. The minimum absolute atomic E-state index is 0.0603. The molecule has 0 aliphatic rings. The van der Waals surface area contributed by atoms with Gasteiger partial charge in [-0.3, -0.25) is 9.59 Å². The molecule has 0 unspecified atom stereocenters. The van der Waals surface area contributed by atoms with Crippen LogP contribution in [0, 0.1) is 0 Å². The normalized spacial score (nSPS) is 10.2. The average Bonchev–Trinajstić information content (AvgIpc) is 2.52. The molecule has 0 amide bonds. The quantitative estimate of drug-likeness (QED) is 0.374. The van der Waals surface area contributed by atoms with Gasteiger partial charge in [0, 0.05) is 12.0 Å². The maximum absolute atomic E-state index is 11.9. The number of ether oxygens (including phenoxy) is 2. The van der Waals surface area contributed by atoms with E-state index in [-0.39, 0.29) is 24.6 Å². The molecule has 116 valence electrons. The predicted molar refractivity (Wildman–Crippen MR) is 81.7 cm³/mol. The Morgan fingerprint density at radius 1 is 1.00 bits per heavy atom. The molecule has 1 aromatic carbocycles. The van der Waals surface area contributed by atoms with E-state index in [1.807, 2.05) is 0 Å². The van der Waals surface area contributed by atoms with E-state index in [1.54, 1.807) is 24.3 Å². The number of Topliss-reactive ketones (excluding diaryl/α,β-unsaturated/α-hetero) is 1. The van der Waals surface area contributed by atoms with Crippen molar-refractivity contribution in [2.24, 2.45) is 0 Å². The topological polar surface area (TPSA) is 52.6 Å². The predicted octanol–water partition coefficient (Wildman–Crippen LogP) is 3.78. The highest BCUT2D eigenvalue weighted by molar-refractivity contribution is 5.97. The lowest BCUT2D eigenvalue weighted by Crippen LogP contribution is -2.06. The summed E-state index contributed by atoms with van der Waals surface area (Å²) in [4.78, 5) is 22.9. The number of carbonyl (C=O) groups excluding carboxylic acids is 2. The number of rotatable bonds is 10. The maximum Gasteiger partial charge on any atom is 0.305 e. The van der Waals surface area contributed by atoms with Crippen LogP contribution in [0.15, 0.2) is 24.3 Å². The van der Waals surface area contributed by atoms with Crippen LogP contribution >= 0.6 is 0 Å². The third-order valence-electron chi connectivity index (χ3n) is 3.23. The molecular weight excluding hydrogens is 268 g/mol. The third kappa shape index (κ3) is 6.93. The minimum atomic E-state index is -0.365. The summed E-state index contributed by atoms with van der Waals surface area (Å²) < 4.78 is 10.1. The highest BCUT2D eigenvalue weighted by atomic mass is 16.5. The molecule has 0 N–H and O–H groups in total. The van der Waals surface area contributed by atoms with Crippen LogP contribution in [-0.2, 0) is 9.53 Å². The average molecular weight is 292 g/mol. The van der Waals surface area contributed by atoms with Crippen molar-refractivity contribution >= 4 is 11.8 Å². The minimum Gasteiger partial charge on any atom is -0.494 e. The number of hydrogen-bond acceptors (Lipinski definition) is 4. The SMILES string of the molecule is CCCCCCOc1ccc(C(=O)CCC(=O)OC)cc1. The number of carbonyl (C=O) groups is 2. The van der Waals surface area contributed by atoms with E-state index in [0.717, 1.165) is 12.2 Å². The zero-order chi connectivity index (χ0) is 15.5. The Balaban J connectivity index is 2.35. The van der Waals surface area contributed by atoms with Gasteiger partial charge in [-0.1, -0.05) is 26.2 Å². The van der Waals surface area contributed by atoms with Gasteiger partial charge in [-0.2, -0.15) is 0 Å². The standard InChI is InChI=1S/C17H24O4/c1-3-4-5-6-13-21-15-9-7-14(8-10-15)16(18)11-12-17(19)20-2/h7-10H,3-6,11-13H2,1-2H3.